The highest BCUT2D eigenvalue weighted by atomic mass is 79.9. The van der Waals surface area contributed by atoms with Gasteiger partial charge in [-0.2, -0.15) is 8.78 Å². The predicted octanol–water partition coefficient (Wildman–Crippen LogP) is 2.76. The maximum atomic E-state index is 12.4. The molecule has 74 valence electrons. The minimum atomic E-state index is -2.91. The molecule has 12 heavy (non-hydrogen) atoms. The molecule has 0 aromatic rings. The summed E-state index contributed by atoms with van der Waals surface area (Å²) in [5.41, 5.74) is 0. The third-order valence-corrected chi connectivity index (χ3v) is 1.43. The zero-order valence-electron chi connectivity index (χ0n) is 7.15. The van der Waals surface area contributed by atoms with Crippen LogP contribution in [0.5, 0.6) is 0 Å². The smallest absolute Gasteiger partial charge is 0.306 e. The van der Waals surface area contributed by atoms with Gasteiger partial charge in [0.15, 0.2) is 6.29 Å². The van der Waals surface area contributed by atoms with Gasteiger partial charge in [0.2, 0.25) is 0 Å². The Morgan fingerprint density at radius 1 is 1.25 bits per heavy atom. The average molecular weight is 247 g/mol. The number of hydrogen-bond acceptors (Lipinski definition) is 2. The molecule has 0 N–H and O–H groups in total. The van der Waals surface area contributed by atoms with Gasteiger partial charge in [-0.25, -0.2) is 0 Å². The van der Waals surface area contributed by atoms with Crippen LogP contribution in [-0.4, -0.2) is 24.3 Å². The van der Waals surface area contributed by atoms with Crippen molar-refractivity contribution < 1.29 is 18.3 Å². The summed E-state index contributed by atoms with van der Waals surface area (Å²) < 4.78 is 34.6. The van der Waals surface area contributed by atoms with Crippen LogP contribution in [0.3, 0.4) is 0 Å². The molecule has 0 radical (unpaired) electrons. The monoisotopic (exact) mass is 246 g/mol. The minimum absolute atomic E-state index is 0.369. The second kappa shape index (κ2) is 5.83. The van der Waals surface area contributed by atoms with Crippen molar-refractivity contribution >= 4 is 15.9 Å². The van der Waals surface area contributed by atoms with Crippen LogP contribution in [0.2, 0.25) is 0 Å². The molecule has 0 aromatic carbocycles. The molecule has 0 aromatic heterocycles. The topological polar surface area (TPSA) is 18.5 Å². The fourth-order valence-electron chi connectivity index (χ4n) is 0.727. The lowest BCUT2D eigenvalue weighted by Gasteiger charge is -2.19. The van der Waals surface area contributed by atoms with Gasteiger partial charge in [-0.1, -0.05) is 0 Å². The molecule has 5 heteroatoms. The predicted molar refractivity (Wildman–Crippen MR) is 45.5 cm³/mol. The third kappa shape index (κ3) is 6.94. The van der Waals surface area contributed by atoms with Crippen LogP contribution in [0.1, 0.15) is 20.3 Å². The summed E-state index contributed by atoms with van der Waals surface area (Å²) in [6, 6.07) is 0. The van der Waals surface area contributed by atoms with Gasteiger partial charge in [0, 0.05) is 13.2 Å². The number of halogens is 3. The quantitative estimate of drug-likeness (QED) is 0.530. The summed E-state index contributed by atoms with van der Waals surface area (Å²) in [5, 5.41) is 0. The zero-order chi connectivity index (χ0) is 9.61. The SMILES string of the molecule is CCOC(CC(F)(F)Br)OCC. The average Bonchev–Trinajstić information content (AvgIpc) is 1.84. The second-order valence-electron chi connectivity index (χ2n) is 2.16. The molecule has 0 atom stereocenters. The Balaban J connectivity index is 3.77. The van der Waals surface area contributed by atoms with Crippen LogP contribution in [0.15, 0.2) is 0 Å². The largest absolute Gasteiger partial charge is 0.353 e. The van der Waals surface area contributed by atoms with Crippen molar-refractivity contribution in [1.82, 2.24) is 0 Å². The molecule has 2 nitrogen and oxygen atoms in total. The summed E-state index contributed by atoms with van der Waals surface area (Å²) in [6.45, 7) is 4.21. The molecule has 0 amide bonds. The normalized spacial score (nSPS) is 12.5. The highest BCUT2D eigenvalue weighted by Gasteiger charge is 2.29. The van der Waals surface area contributed by atoms with E-state index in [0.29, 0.717) is 13.2 Å². The van der Waals surface area contributed by atoms with Crippen molar-refractivity contribution in [2.24, 2.45) is 0 Å². The fourth-order valence-corrected chi connectivity index (χ4v) is 0.991. The van der Waals surface area contributed by atoms with E-state index in [1.165, 1.54) is 0 Å². The van der Waals surface area contributed by atoms with Gasteiger partial charge < -0.3 is 9.47 Å². The maximum Gasteiger partial charge on any atom is 0.306 e. The molecule has 0 saturated carbocycles. The highest BCUT2D eigenvalue weighted by Crippen LogP contribution is 2.28. The Labute approximate surface area is 79.4 Å². The minimum Gasteiger partial charge on any atom is -0.353 e. The van der Waals surface area contributed by atoms with Crippen molar-refractivity contribution in [2.45, 2.75) is 31.4 Å². The highest BCUT2D eigenvalue weighted by molar-refractivity contribution is 9.09. The van der Waals surface area contributed by atoms with E-state index in [-0.39, 0.29) is 0 Å². The summed E-state index contributed by atoms with van der Waals surface area (Å²) in [7, 11) is 0. The summed E-state index contributed by atoms with van der Waals surface area (Å²) in [5.74, 6) is 0. The van der Waals surface area contributed by atoms with Crippen LogP contribution in [0, 0.1) is 0 Å². The summed E-state index contributed by atoms with van der Waals surface area (Å²) in [4.78, 5) is -2.91. The molecule has 0 aliphatic carbocycles. The Morgan fingerprint density at radius 2 is 1.67 bits per heavy atom. The van der Waals surface area contributed by atoms with Crippen molar-refractivity contribution in [2.75, 3.05) is 13.2 Å². The van der Waals surface area contributed by atoms with E-state index in [1.807, 2.05) is 0 Å². The number of ether oxygens (including phenoxy) is 2. The molecule has 0 saturated heterocycles. The lowest BCUT2D eigenvalue weighted by molar-refractivity contribution is -0.160. The summed E-state index contributed by atoms with van der Waals surface area (Å²) in [6.07, 6.45) is -1.29. The standard InChI is InChI=1S/C7H13BrF2O2/c1-3-11-6(12-4-2)5-7(8,9)10/h6H,3-5H2,1-2H3. The van der Waals surface area contributed by atoms with Crippen LogP contribution in [0.4, 0.5) is 8.78 Å². The Bertz CT molecular complexity index is 110. The molecule has 0 heterocycles. The number of hydrogen-bond donors (Lipinski definition) is 0. The van der Waals surface area contributed by atoms with Gasteiger partial charge in [0.25, 0.3) is 0 Å². The lowest BCUT2D eigenvalue weighted by atomic mass is 10.4. The fraction of sp³-hybridized carbons (Fsp3) is 1.00. The maximum absolute atomic E-state index is 12.4. The molecule has 0 spiro atoms. The van der Waals surface area contributed by atoms with Gasteiger partial charge in [0.05, 0.1) is 6.42 Å². The van der Waals surface area contributed by atoms with Crippen LogP contribution >= 0.6 is 15.9 Å². The first kappa shape index (κ1) is 12.3. The van der Waals surface area contributed by atoms with Gasteiger partial charge in [-0.15, -0.1) is 0 Å². The van der Waals surface area contributed by atoms with E-state index in [2.05, 4.69) is 15.9 Å². The third-order valence-electron chi connectivity index (χ3n) is 1.10. The van der Waals surface area contributed by atoms with Crippen molar-refractivity contribution in [1.29, 1.82) is 0 Å². The lowest BCUT2D eigenvalue weighted by Crippen LogP contribution is -2.24. The first-order valence-corrected chi connectivity index (χ1v) is 4.58. The van der Waals surface area contributed by atoms with Crippen LogP contribution in [-0.2, 0) is 9.47 Å². The Kier molecular flexibility index (Phi) is 5.96. The van der Waals surface area contributed by atoms with E-state index in [0.717, 1.165) is 0 Å². The van der Waals surface area contributed by atoms with Crippen LogP contribution < -0.4 is 0 Å². The molecule has 0 aliphatic heterocycles. The Morgan fingerprint density at radius 3 is 1.92 bits per heavy atom. The van der Waals surface area contributed by atoms with Gasteiger partial charge in [0.1, 0.15) is 0 Å². The molecule has 0 fully saturated rings. The van der Waals surface area contributed by atoms with E-state index in [9.17, 15) is 8.78 Å². The molecule has 0 bridgehead atoms. The zero-order valence-corrected chi connectivity index (χ0v) is 8.74. The van der Waals surface area contributed by atoms with Crippen molar-refractivity contribution in [3.05, 3.63) is 0 Å². The van der Waals surface area contributed by atoms with Crippen molar-refractivity contribution in [3.8, 4) is 0 Å². The van der Waals surface area contributed by atoms with E-state index in [1.54, 1.807) is 13.8 Å². The molecular weight excluding hydrogens is 234 g/mol. The van der Waals surface area contributed by atoms with Crippen molar-refractivity contribution in [3.63, 3.8) is 0 Å². The summed E-state index contributed by atoms with van der Waals surface area (Å²) >= 11 is 2.23. The van der Waals surface area contributed by atoms with Crippen LogP contribution in [0.25, 0.3) is 0 Å². The molecule has 0 aliphatic rings. The first-order valence-electron chi connectivity index (χ1n) is 3.79. The molecular formula is C7H13BrF2O2. The van der Waals surface area contributed by atoms with Gasteiger partial charge in [-0.3, -0.25) is 0 Å². The van der Waals surface area contributed by atoms with E-state index < -0.39 is 17.5 Å². The molecule has 0 rings (SSSR count). The Hall–Kier alpha value is 0.260. The number of rotatable bonds is 6. The van der Waals surface area contributed by atoms with E-state index >= 15 is 0 Å². The molecule has 0 unspecified atom stereocenters. The van der Waals surface area contributed by atoms with Gasteiger partial charge >= 0.3 is 4.83 Å². The van der Waals surface area contributed by atoms with E-state index in [4.69, 9.17) is 9.47 Å². The second-order valence-corrected chi connectivity index (χ2v) is 3.32. The first-order chi connectivity index (χ1) is 5.49. The van der Waals surface area contributed by atoms with Gasteiger partial charge in [-0.05, 0) is 29.8 Å². The number of alkyl halides is 3.